The minimum Gasteiger partial charge on any atom is -0.478 e. The van der Waals surface area contributed by atoms with Crippen LogP contribution in [0.1, 0.15) is 20.7 Å². The van der Waals surface area contributed by atoms with E-state index in [0.29, 0.717) is 16.1 Å². The molecule has 0 unspecified atom stereocenters. The van der Waals surface area contributed by atoms with Gasteiger partial charge < -0.3 is 15.6 Å². The number of hydrogen-bond acceptors (Lipinski definition) is 5. The summed E-state index contributed by atoms with van der Waals surface area (Å²) in [5, 5.41) is 9.19. The third-order valence-corrected chi connectivity index (χ3v) is 3.82. The number of carboxylic acids is 1. The Bertz CT molecular complexity index is 683. The van der Waals surface area contributed by atoms with Gasteiger partial charge in [0.05, 0.1) is 18.2 Å². The van der Waals surface area contributed by atoms with Gasteiger partial charge in [0, 0.05) is 15.5 Å². The standard InChI is InChI=1S/C15H13NO4S/c1-20-15(19)9-2-5-11(6-3-9)21-13-7-4-10(16)8-12(13)14(17)18/h2-8H,16H2,1H3,(H,17,18). The van der Waals surface area contributed by atoms with Crippen molar-refractivity contribution in [3.63, 3.8) is 0 Å². The largest absolute Gasteiger partial charge is 0.478 e. The van der Waals surface area contributed by atoms with Crippen LogP contribution in [-0.4, -0.2) is 24.2 Å². The minimum absolute atomic E-state index is 0.150. The van der Waals surface area contributed by atoms with Crippen molar-refractivity contribution in [1.82, 2.24) is 0 Å². The van der Waals surface area contributed by atoms with E-state index >= 15 is 0 Å². The van der Waals surface area contributed by atoms with Crippen LogP contribution >= 0.6 is 11.8 Å². The molecule has 2 aromatic carbocycles. The Labute approximate surface area is 125 Å². The number of nitrogen functional groups attached to an aromatic ring is 1. The molecule has 0 aromatic heterocycles. The van der Waals surface area contributed by atoms with Crippen LogP contribution in [0.5, 0.6) is 0 Å². The molecule has 0 saturated heterocycles. The molecule has 6 heteroatoms. The Kier molecular flexibility index (Phi) is 4.49. The number of aromatic carboxylic acids is 1. The number of anilines is 1. The zero-order chi connectivity index (χ0) is 15.4. The van der Waals surface area contributed by atoms with Gasteiger partial charge in [0.2, 0.25) is 0 Å². The fraction of sp³-hybridized carbons (Fsp3) is 0.0667. The number of nitrogens with two attached hydrogens (primary N) is 1. The second kappa shape index (κ2) is 6.32. The van der Waals surface area contributed by atoms with Crippen LogP contribution in [-0.2, 0) is 4.74 Å². The molecule has 0 bridgehead atoms. The monoisotopic (exact) mass is 303 g/mol. The van der Waals surface area contributed by atoms with Crippen LogP contribution in [0, 0.1) is 0 Å². The van der Waals surface area contributed by atoms with Crippen LogP contribution in [0.25, 0.3) is 0 Å². The Morgan fingerprint density at radius 2 is 1.81 bits per heavy atom. The Balaban J connectivity index is 2.26. The predicted molar refractivity (Wildman–Crippen MR) is 79.7 cm³/mol. The predicted octanol–water partition coefficient (Wildman–Crippen LogP) is 2.90. The van der Waals surface area contributed by atoms with Crippen molar-refractivity contribution in [3.05, 3.63) is 53.6 Å². The number of carbonyl (C=O) groups excluding carboxylic acids is 1. The molecule has 2 aromatic rings. The molecule has 0 fully saturated rings. The molecule has 0 aliphatic heterocycles. The lowest BCUT2D eigenvalue weighted by atomic mass is 10.2. The van der Waals surface area contributed by atoms with Crippen LogP contribution in [0.3, 0.4) is 0 Å². The maximum atomic E-state index is 11.3. The lowest BCUT2D eigenvalue weighted by Crippen LogP contribution is -2.01. The number of rotatable bonds is 4. The van der Waals surface area contributed by atoms with Gasteiger partial charge in [-0.2, -0.15) is 0 Å². The summed E-state index contributed by atoms with van der Waals surface area (Å²) in [5.74, 6) is -1.44. The lowest BCUT2D eigenvalue weighted by molar-refractivity contribution is 0.0599. The van der Waals surface area contributed by atoms with E-state index in [0.717, 1.165) is 4.90 Å². The van der Waals surface area contributed by atoms with E-state index in [4.69, 9.17) is 5.73 Å². The number of carboxylic acid groups (broad SMARTS) is 1. The Morgan fingerprint density at radius 1 is 1.14 bits per heavy atom. The van der Waals surface area contributed by atoms with Crippen LogP contribution < -0.4 is 5.73 Å². The van der Waals surface area contributed by atoms with Crippen molar-refractivity contribution in [2.24, 2.45) is 0 Å². The maximum absolute atomic E-state index is 11.3. The first-order valence-electron chi connectivity index (χ1n) is 6.00. The SMILES string of the molecule is COC(=O)c1ccc(Sc2ccc(N)cc2C(=O)O)cc1. The van der Waals surface area contributed by atoms with E-state index in [-0.39, 0.29) is 5.56 Å². The smallest absolute Gasteiger partial charge is 0.337 e. The Hall–Kier alpha value is -2.47. The molecule has 0 aliphatic rings. The molecule has 5 nitrogen and oxygen atoms in total. The number of hydrogen-bond donors (Lipinski definition) is 2. The topological polar surface area (TPSA) is 89.6 Å². The first kappa shape index (κ1) is 14.9. The normalized spacial score (nSPS) is 10.1. The fourth-order valence-electron chi connectivity index (χ4n) is 1.71. The summed E-state index contributed by atoms with van der Waals surface area (Å²) in [7, 11) is 1.32. The van der Waals surface area contributed by atoms with E-state index in [1.165, 1.54) is 24.9 Å². The third kappa shape index (κ3) is 3.55. The average molecular weight is 303 g/mol. The second-order valence-electron chi connectivity index (χ2n) is 4.18. The van der Waals surface area contributed by atoms with Crippen molar-refractivity contribution in [3.8, 4) is 0 Å². The van der Waals surface area contributed by atoms with E-state index < -0.39 is 11.9 Å². The molecule has 0 aliphatic carbocycles. The molecule has 0 amide bonds. The molecule has 3 N–H and O–H groups in total. The van der Waals surface area contributed by atoms with Gasteiger partial charge in [-0.25, -0.2) is 9.59 Å². The quantitative estimate of drug-likeness (QED) is 0.667. The molecule has 0 saturated carbocycles. The third-order valence-electron chi connectivity index (χ3n) is 2.74. The van der Waals surface area contributed by atoms with Crippen molar-refractivity contribution < 1.29 is 19.4 Å². The minimum atomic E-state index is -1.03. The molecular formula is C15H13NO4S. The highest BCUT2D eigenvalue weighted by Crippen LogP contribution is 2.31. The maximum Gasteiger partial charge on any atom is 0.337 e. The summed E-state index contributed by atoms with van der Waals surface area (Å²) in [6, 6.07) is 11.5. The van der Waals surface area contributed by atoms with E-state index in [1.54, 1.807) is 36.4 Å². The zero-order valence-corrected chi connectivity index (χ0v) is 12.0. The van der Waals surface area contributed by atoms with Crippen molar-refractivity contribution in [2.45, 2.75) is 9.79 Å². The number of carbonyl (C=O) groups is 2. The molecule has 0 spiro atoms. The highest BCUT2D eigenvalue weighted by Gasteiger charge is 2.12. The van der Waals surface area contributed by atoms with Gasteiger partial charge >= 0.3 is 11.9 Å². The van der Waals surface area contributed by atoms with Crippen molar-refractivity contribution in [2.75, 3.05) is 12.8 Å². The average Bonchev–Trinajstić information content (AvgIpc) is 2.49. The van der Waals surface area contributed by atoms with Gasteiger partial charge in [0.15, 0.2) is 0 Å². The summed E-state index contributed by atoms with van der Waals surface area (Å²) < 4.78 is 4.62. The first-order valence-corrected chi connectivity index (χ1v) is 6.82. The molecule has 2 rings (SSSR count). The van der Waals surface area contributed by atoms with Gasteiger partial charge in [-0.15, -0.1) is 0 Å². The highest BCUT2D eigenvalue weighted by atomic mass is 32.2. The number of methoxy groups -OCH3 is 1. The molecular weight excluding hydrogens is 290 g/mol. The fourth-order valence-corrected chi connectivity index (χ4v) is 2.63. The molecule has 0 heterocycles. The molecule has 108 valence electrons. The van der Waals surface area contributed by atoms with Gasteiger partial charge in [-0.05, 0) is 42.5 Å². The van der Waals surface area contributed by atoms with Crippen LogP contribution in [0.15, 0.2) is 52.3 Å². The zero-order valence-electron chi connectivity index (χ0n) is 11.2. The summed E-state index contributed by atoms with van der Waals surface area (Å²) >= 11 is 1.29. The molecule has 0 atom stereocenters. The number of benzene rings is 2. The number of esters is 1. The van der Waals surface area contributed by atoms with Gasteiger partial charge in [0.25, 0.3) is 0 Å². The molecule has 0 radical (unpaired) electrons. The highest BCUT2D eigenvalue weighted by molar-refractivity contribution is 7.99. The van der Waals surface area contributed by atoms with Crippen LogP contribution in [0.2, 0.25) is 0 Å². The number of ether oxygens (including phenoxy) is 1. The van der Waals surface area contributed by atoms with Crippen molar-refractivity contribution >= 4 is 29.4 Å². The van der Waals surface area contributed by atoms with Crippen molar-refractivity contribution in [1.29, 1.82) is 0 Å². The van der Waals surface area contributed by atoms with E-state index in [9.17, 15) is 14.7 Å². The molecule has 21 heavy (non-hydrogen) atoms. The van der Waals surface area contributed by atoms with Gasteiger partial charge in [0.1, 0.15) is 0 Å². The summed E-state index contributed by atoms with van der Waals surface area (Å²) in [4.78, 5) is 24.0. The van der Waals surface area contributed by atoms with Gasteiger partial charge in [-0.1, -0.05) is 11.8 Å². The second-order valence-corrected chi connectivity index (χ2v) is 5.29. The lowest BCUT2D eigenvalue weighted by Gasteiger charge is -2.07. The van der Waals surface area contributed by atoms with Gasteiger partial charge in [-0.3, -0.25) is 0 Å². The van der Waals surface area contributed by atoms with Crippen LogP contribution in [0.4, 0.5) is 5.69 Å². The summed E-state index contributed by atoms with van der Waals surface area (Å²) in [5.41, 5.74) is 6.60. The Morgan fingerprint density at radius 3 is 2.38 bits per heavy atom. The first-order chi connectivity index (χ1) is 10.0. The summed E-state index contributed by atoms with van der Waals surface area (Å²) in [6.45, 7) is 0. The van der Waals surface area contributed by atoms with E-state index in [2.05, 4.69) is 4.74 Å². The van der Waals surface area contributed by atoms with E-state index in [1.807, 2.05) is 0 Å². The summed E-state index contributed by atoms with van der Waals surface area (Å²) in [6.07, 6.45) is 0.